The molecule has 1 N–H and O–H groups in total. The van der Waals surface area contributed by atoms with Gasteiger partial charge in [0.2, 0.25) is 10.0 Å². The largest absolute Gasteiger partial charge is 0.342 e. The normalized spacial score (nSPS) is 11.7. The second-order valence-electron chi connectivity index (χ2n) is 6.24. The van der Waals surface area contributed by atoms with E-state index in [1.807, 2.05) is 12.1 Å². The molecule has 0 unspecified atom stereocenters. The first-order chi connectivity index (χ1) is 12.5. The maximum atomic E-state index is 11.3. The van der Waals surface area contributed by atoms with Gasteiger partial charge in [-0.1, -0.05) is 36.4 Å². The average Bonchev–Trinajstić information content (AvgIpc) is 3.24. The van der Waals surface area contributed by atoms with Crippen LogP contribution in [0.25, 0.3) is 21.3 Å². The number of thiophene rings is 1. The van der Waals surface area contributed by atoms with Crippen LogP contribution in [0, 0.1) is 0 Å². The summed E-state index contributed by atoms with van der Waals surface area (Å²) in [5.74, 6) is 0. The minimum absolute atomic E-state index is 0.577. The third kappa shape index (κ3) is 3.52. The lowest BCUT2D eigenvalue weighted by Gasteiger charge is -2.08. The van der Waals surface area contributed by atoms with E-state index in [0.29, 0.717) is 5.69 Å². The van der Waals surface area contributed by atoms with E-state index in [4.69, 9.17) is 0 Å². The lowest BCUT2D eigenvalue weighted by atomic mass is 10.1. The third-order valence-electron chi connectivity index (χ3n) is 4.19. The fourth-order valence-electron chi connectivity index (χ4n) is 3.09. The maximum absolute atomic E-state index is 11.3. The van der Waals surface area contributed by atoms with Crippen molar-refractivity contribution in [1.82, 2.24) is 4.57 Å². The SMILES string of the molecule is CS(=O)(=O)Nc1ccc(Cn2cc(-c3cccs3)c3ccccc32)cc1. The quantitative estimate of drug-likeness (QED) is 0.539. The van der Waals surface area contributed by atoms with Gasteiger partial charge in [0, 0.05) is 39.8 Å². The van der Waals surface area contributed by atoms with Crippen LogP contribution in [0.15, 0.2) is 72.2 Å². The van der Waals surface area contributed by atoms with E-state index in [0.717, 1.165) is 18.4 Å². The maximum Gasteiger partial charge on any atom is 0.229 e. The molecule has 2 aromatic carbocycles. The molecule has 4 nitrogen and oxygen atoms in total. The zero-order valence-corrected chi connectivity index (χ0v) is 15.8. The molecule has 0 spiro atoms. The van der Waals surface area contributed by atoms with Crippen molar-refractivity contribution in [3.8, 4) is 10.4 Å². The molecular weight excluding hydrogens is 364 g/mol. The molecule has 0 amide bonds. The van der Waals surface area contributed by atoms with Crippen molar-refractivity contribution >= 4 is 38.0 Å². The Kier molecular flexibility index (Phi) is 4.30. The molecule has 6 heteroatoms. The number of rotatable bonds is 5. The Labute approximate surface area is 156 Å². The van der Waals surface area contributed by atoms with Crippen LogP contribution >= 0.6 is 11.3 Å². The lowest BCUT2D eigenvalue weighted by Crippen LogP contribution is -2.09. The molecule has 0 aliphatic carbocycles. The summed E-state index contributed by atoms with van der Waals surface area (Å²) in [5, 5.41) is 3.33. The van der Waals surface area contributed by atoms with Crippen LogP contribution in [0.5, 0.6) is 0 Å². The van der Waals surface area contributed by atoms with Crippen LogP contribution in [0.4, 0.5) is 5.69 Å². The van der Waals surface area contributed by atoms with Gasteiger partial charge < -0.3 is 4.57 Å². The minimum Gasteiger partial charge on any atom is -0.342 e. The number of hydrogen-bond acceptors (Lipinski definition) is 3. The van der Waals surface area contributed by atoms with E-state index in [1.54, 1.807) is 23.5 Å². The van der Waals surface area contributed by atoms with Gasteiger partial charge in [-0.05, 0) is 35.2 Å². The highest BCUT2D eigenvalue weighted by molar-refractivity contribution is 7.92. The summed E-state index contributed by atoms with van der Waals surface area (Å²) in [4.78, 5) is 1.26. The number of nitrogens with zero attached hydrogens (tertiary/aromatic N) is 1. The van der Waals surface area contributed by atoms with Crippen molar-refractivity contribution < 1.29 is 8.42 Å². The van der Waals surface area contributed by atoms with Crippen molar-refractivity contribution in [3.05, 3.63) is 77.8 Å². The Balaban J connectivity index is 1.67. The van der Waals surface area contributed by atoms with Crippen LogP contribution in [0.2, 0.25) is 0 Å². The van der Waals surface area contributed by atoms with Gasteiger partial charge in [-0.3, -0.25) is 4.72 Å². The molecule has 0 aliphatic heterocycles. The highest BCUT2D eigenvalue weighted by atomic mass is 32.2. The van der Waals surface area contributed by atoms with Crippen molar-refractivity contribution in [2.45, 2.75) is 6.54 Å². The molecule has 0 fully saturated rings. The van der Waals surface area contributed by atoms with Crippen molar-refractivity contribution in [2.75, 3.05) is 11.0 Å². The van der Waals surface area contributed by atoms with Crippen LogP contribution in [-0.2, 0) is 16.6 Å². The third-order valence-corrected chi connectivity index (χ3v) is 5.69. The number of hydrogen-bond donors (Lipinski definition) is 1. The minimum atomic E-state index is -3.25. The molecular formula is C20H18N2O2S2. The molecule has 0 radical (unpaired) electrons. The molecule has 4 rings (SSSR count). The monoisotopic (exact) mass is 382 g/mol. The molecule has 4 aromatic rings. The summed E-state index contributed by atoms with van der Waals surface area (Å²) < 4.78 is 27.4. The summed E-state index contributed by atoms with van der Waals surface area (Å²) >= 11 is 1.74. The van der Waals surface area contributed by atoms with Crippen LogP contribution in [0.1, 0.15) is 5.56 Å². The van der Waals surface area contributed by atoms with Crippen LogP contribution < -0.4 is 4.72 Å². The standard InChI is InChI=1S/C20H18N2O2S2/c1-26(23,24)21-16-10-8-15(9-11-16)13-22-14-18(20-7-4-12-25-20)17-5-2-3-6-19(17)22/h2-12,14,21H,13H2,1H3. The number of fused-ring (bicyclic) bond motifs is 1. The smallest absolute Gasteiger partial charge is 0.229 e. The summed E-state index contributed by atoms with van der Waals surface area (Å²) in [6.07, 6.45) is 3.35. The van der Waals surface area contributed by atoms with Crippen molar-refractivity contribution in [2.24, 2.45) is 0 Å². The average molecular weight is 383 g/mol. The predicted octanol–water partition coefficient (Wildman–Crippen LogP) is 4.79. The van der Waals surface area contributed by atoms with E-state index in [1.165, 1.54) is 21.3 Å². The van der Waals surface area contributed by atoms with E-state index >= 15 is 0 Å². The first-order valence-electron chi connectivity index (χ1n) is 8.18. The van der Waals surface area contributed by atoms with Gasteiger partial charge in [0.1, 0.15) is 0 Å². The summed E-state index contributed by atoms with van der Waals surface area (Å²) in [6, 6.07) is 20.1. The Morgan fingerprint density at radius 3 is 2.46 bits per heavy atom. The fraction of sp³-hybridized carbons (Fsp3) is 0.100. The number of aromatic nitrogens is 1. The topological polar surface area (TPSA) is 51.1 Å². The first-order valence-corrected chi connectivity index (χ1v) is 11.0. The van der Waals surface area contributed by atoms with Crippen LogP contribution in [0.3, 0.4) is 0 Å². The summed E-state index contributed by atoms with van der Waals surface area (Å²) in [7, 11) is -3.25. The molecule has 0 saturated heterocycles. The van der Waals surface area contributed by atoms with Crippen LogP contribution in [-0.4, -0.2) is 19.2 Å². The highest BCUT2D eigenvalue weighted by Crippen LogP contribution is 2.33. The van der Waals surface area contributed by atoms with E-state index < -0.39 is 10.0 Å². The van der Waals surface area contributed by atoms with Gasteiger partial charge in [0.05, 0.1) is 6.26 Å². The molecule has 0 saturated carbocycles. The van der Waals surface area contributed by atoms with E-state index in [9.17, 15) is 8.42 Å². The molecule has 0 atom stereocenters. The molecule has 2 aromatic heterocycles. The first kappa shape index (κ1) is 16.9. The van der Waals surface area contributed by atoms with Gasteiger partial charge in [-0.2, -0.15) is 0 Å². The van der Waals surface area contributed by atoms with Gasteiger partial charge in [0.15, 0.2) is 0 Å². The molecule has 0 bridgehead atoms. The van der Waals surface area contributed by atoms with Gasteiger partial charge in [-0.15, -0.1) is 11.3 Å². The Hall–Kier alpha value is -2.57. The highest BCUT2D eigenvalue weighted by Gasteiger charge is 2.11. The predicted molar refractivity (Wildman–Crippen MR) is 109 cm³/mol. The van der Waals surface area contributed by atoms with E-state index in [-0.39, 0.29) is 0 Å². The Morgan fingerprint density at radius 2 is 1.77 bits per heavy atom. The van der Waals surface area contributed by atoms with Crippen molar-refractivity contribution in [3.63, 3.8) is 0 Å². The van der Waals surface area contributed by atoms with E-state index in [2.05, 4.69) is 57.3 Å². The summed E-state index contributed by atoms with van der Waals surface area (Å²) in [5.41, 5.74) is 4.12. The Bertz CT molecular complexity index is 1140. The molecule has 0 aliphatic rings. The Morgan fingerprint density at radius 1 is 1.00 bits per heavy atom. The molecule has 2 heterocycles. The number of anilines is 1. The second-order valence-corrected chi connectivity index (χ2v) is 8.93. The number of sulfonamides is 1. The lowest BCUT2D eigenvalue weighted by molar-refractivity contribution is 0.607. The zero-order chi connectivity index (χ0) is 18.1. The number of benzene rings is 2. The molecule has 132 valence electrons. The van der Waals surface area contributed by atoms with Gasteiger partial charge in [0.25, 0.3) is 0 Å². The van der Waals surface area contributed by atoms with Gasteiger partial charge >= 0.3 is 0 Å². The second kappa shape index (κ2) is 6.63. The van der Waals surface area contributed by atoms with Gasteiger partial charge in [-0.25, -0.2) is 8.42 Å². The summed E-state index contributed by atoms with van der Waals surface area (Å²) in [6.45, 7) is 0.727. The number of para-hydroxylation sites is 1. The number of nitrogens with one attached hydrogen (secondary N) is 1. The molecule has 26 heavy (non-hydrogen) atoms. The zero-order valence-electron chi connectivity index (χ0n) is 14.2. The fourth-order valence-corrected chi connectivity index (χ4v) is 4.41. The van der Waals surface area contributed by atoms with Crippen molar-refractivity contribution in [1.29, 1.82) is 0 Å².